The first-order valence-electron chi connectivity index (χ1n) is 10.4. The molecule has 0 spiro atoms. The van der Waals surface area contributed by atoms with Crippen molar-refractivity contribution in [1.29, 1.82) is 0 Å². The van der Waals surface area contributed by atoms with E-state index in [0.717, 1.165) is 16.6 Å². The van der Waals surface area contributed by atoms with Crippen molar-refractivity contribution in [2.24, 2.45) is 0 Å². The van der Waals surface area contributed by atoms with Crippen LogP contribution in [0.1, 0.15) is 16.1 Å². The molecule has 1 saturated heterocycles. The number of hydrogen-bond acceptors (Lipinski definition) is 5. The van der Waals surface area contributed by atoms with Crippen molar-refractivity contribution < 1.29 is 19.1 Å². The zero-order valence-electron chi connectivity index (χ0n) is 17.3. The zero-order chi connectivity index (χ0) is 21.4. The summed E-state index contributed by atoms with van der Waals surface area (Å²) in [6.07, 6.45) is -0.663. The predicted octanol–water partition coefficient (Wildman–Crippen LogP) is 2.67. The van der Waals surface area contributed by atoms with E-state index in [2.05, 4.69) is 4.98 Å². The summed E-state index contributed by atoms with van der Waals surface area (Å²) in [5.41, 5.74) is 2.28. The first-order chi connectivity index (χ1) is 15.1. The molecule has 1 atom stereocenters. The van der Waals surface area contributed by atoms with Gasteiger partial charge in [-0.15, -0.1) is 0 Å². The van der Waals surface area contributed by atoms with E-state index in [1.54, 1.807) is 15.9 Å². The molecule has 2 aliphatic rings. The fourth-order valence-corrected chi connectivity index (χ4v) is 4.13. The number of amides is 2. The van der Waals surface area contributed by atoms with Gasteiger partial charge in [0.05, 0.1) is 11.1 Å². The van der Waals surface area contributed by atoms with E-state index in [0.29, 0.717) is 43.2 Å². The molecule has 3 aromatic rings. The lowest BCUT2D eigenvalue weighted by molar-refractivity contribution is -0.142. The minimum Gasteiger partial charge on any atom is -0.485 e. The summed E-state index contributed by atoms with van der Waals surface area (Å²) >= 11 is 0. The smallest absolute Gasteiger partial charge is 0.267 e. The third-order valence-electron chi connectivity index (χ3n) is 5.74. The first kappa shape index (κ1) is 19.4. The van der Waals surface area contributed by atoms with Crippen LogP contribution in [0.2, 0.25) is 0 Å². The molecular formula is C24H23N3O4. The fourth-order valence-electron chi connectivity index (χ4n) is 4.13. The number of fused-ring (bicyclic) bond motifs is 2. The predicted molar refractivity (Wildman–Crippen MR) is 115 cm³/mol. The van der Waals surface area contributed by atoms with Crippen LogP contribution >= 0.6 is 0 Å². The van der Waals surface area contributed by atoms with Crippen molar-refractivity contribution in [3.8, 4) is 11.5 Å². The Bertz CT molecular complexity index is 1150. The van der Waals surface area contributed by atoms with Crippen LogP contribution in [0, 0.1) is 6.92 Å². The molecule has 0 bridgehead atoms. The summed E-state index contributed by atoms with van der Waals surface area (Å²) in [7, 11) is 0. The van der Waals surface area contributed by atoms with Gasteiger partial charge in [0, 0.05) is 37.3 Å². The highest BCUT2D eigenvalue weighted by Crippen LogP contribution is 2.31. The molecule has 1 aromatic heterocycles. The number of aromatic nitrogens is 1. The van der Waals surface area contributed by atoms with Crippen molar-refractivity contribution in [3.05, 3.63) is 65.9 Å². The Kier molecular flexibility index (Phi) is 4.94. The van der Waals surface area contributed by atoms with E-state index in [4.69, 9.17) is 9.47 Å². The second kappa shape index (κ2) is 7.91. The highest BCUT2D eigenvalue weighted by atomic mass is 16.6. The molecule has 31 heavy (non-hydrogen) atoms. The van der Waals surface area contributed by atoms with Gasteiger partial charge in [0.25, 0.3) is 11.8 Å². The third-order valence-corrected chi connectivity index (χ3v) is 5.74. The summed E-state index contributed by atoms with van der Waals surface area (Å²) < 4.78 is 11.5. The van der Waals surface area contributed by atoms with Gasteiger partial charge in [0.2, 0.25) is 6.10 Å². The molecule has 5 rings (SSSR count). The van der Waals surface area contributed by atoms with Gasteiger partial charge in [-0.3, -0.25) is 14.6 Å². The van der Waals surface area contributed by atoms with Gasteiger partial charge in [-0.2, -0.15) is 0 Å². The number of pyridine rings is 1. The molecule has 0 N–H and O–H groups in total. The highest BCUT2D eigenvalue weighted by molar-refractivity contribution is 6.06. The fraction of sp³-hybridized carbons (Fsp3) is 0.292. The average molecular weight is 417 g/mol. The molecule has 2 amide bonds. The molecule has 7 nitrogen and oxygen atoms in total. The molecule has 0 saturated carbocycles. The van der Waals surface area contributed by atoms with Crippen LogP contribution < -0.4 is 9.47 Å². The van der Waals surface area contributed by atoms with Gasteiger partial charge in [0.15, 0.2) is 11.5 Å². The van der Waals surface area contributed by atoms with E-state index >= 15 is 0 Å². The molecule has 2 aromatic carbocycles. The molecule has 158 valence electrons. The minimum absolute atomic E-state index is 0.0278. The molecule has 0 aliphatic carbocycles. The van der Waals surface area contributed by atoms with Gasteiger partial charge >= 0.3 is 0 Å². The number of rotatable bonds is 2. The van der Waals surface area contributed by atoms with E-state index in [9.17, 15) is 9.59 Å². The summed E-state index contributed by atoms with van der Waals surface area (Å²) in [5, 5.41) is 0.850. The number of benzene rings is 2. The molecule has 0 radical (unpaired) electrons. The van der Waals surface area contributed by atoms with Gasteiger partial charge in [-0.05, 0) is 31.2 Å². The monoisotopic (exact) mass is 417 g/mol. The Morgan fingerprint density at radius 3 is 2.42 bits per heavy atom. The van der Waals surface area contributed by atoms with E-state index in [-0.39, 0.29) is 18.4 Å². The van der Waals surface area contributed by atoms with Crippen LogP contribution in [0.25, 0.3) is 10.9 Å². The van der Waals surface area contributed by atoms with Crippen molar-refractivity contribution in [2.45, 2.75) is 13.0 Å². The lowest BCUT2D eigenvalue weighted by atomic mass is 10.1. The lowest BCUT2D eigenvalue weighted by Gasteiger charge is -2.37. The summed E-state index contributed by atoms with van der Waals surface area (Å²) in [6, 6.07) is 16.9. The number of aryl methyl sites for hydroxylation is 1. The SMILES string of the molecule is Cc1cc(C(=O)N2CCN(C(=O)[C@H]3COc4ccccc4O3)CC2)c2ccccc2n1. The maximum absolute atomic E-state index is 13.2. The Balaban J connectivity index is 1.26. The second-order valence-electron chi connectivity index (χ2n) is 7.81. The van der Waals surface area contributed by atoms with Gasteiger partial charge in [-0.25, -0.2) is 0 Å². The minimum atomic E-state index is -0.663. The number of hydrogen-bond donors (Lipinski definition) is 0. The first-order valence-corrected chi connectivity index (χ1v) is 10.4. The second-order valence-corrected chi connectivity index (χ2v) is 7.81. The Morgan fingerprint density at radius 1 is 0.935 bits per heavy atom. The normalized spacial score (nSPS) is 18.2. The highest BCUT2D eigenvalue weighted by Gasteiger charge is 2.33. The standard InChI is InChI=1S/C24H23N3O4/c1-16-14-18(17-6-2-3-7-19(17)25-16)23(28)26-10-12-27(13-11-26)24(29)22-15-30-20-8-4-5-9-21(20)31-22/h2-9,14,22H,10-13,15H2,1H3/t22-/m1/s1. The molecule has 1 fully saturated rings. The number of ether oxygens (including phenoxy) is 2. The summed E-state index contributed by atoms with van der Waals surface area (Å²) in [6.45, 7) is 3.97. The van der Waals surface area contributed by atoms with Crippen molar-refractivity contribution in [2.75, 3.05) is 32.8 Å². The summed E-state index contributed by atoms with van der Waals surface area (Å²) in [5.74, 6) is 1.11. The van der Waals surface area contributed by atoms with Crippen LogP contribution in [0.3, 0.4) is 0 Å². The van der Waals surface area contributed by atoms with E-state index in [1.807, 2.05) is 55.5 Å². The van der Waals surface area contributed by atoms with E-state index in [1.165, 1.54) is 0 Å². The van der Waals surface area contributed by atoms with Crippen LogP contribution in [0.5, 0.6) is 11.5 Å². The third kappa shape index (κ3) is 3.67. The molecular weight excluding hydrogens is 394 g/mol. The number of carbonyl (C=O) groups excluding carboxylic acids is 2. The lowest BCUT2D eigenvalue weighted by Crippen LogP contribution is -2.55. The number of carbonyl (C=O) groups is 2. The van der Waals surface area contributed by atoms with E-state index < -0.39 is 6.10 Å². The number of piperazine rings is 1. The van der Waals surface area contributed by atoms with Crippen molar-refractivity contribution >= 4 is 22.7 Å². The van der Waals surface area contributed by atoms with Gasteiger partial charge in [-0.1, -0.05) is 30.3 Å². The van der Waals surface area contributed by atoms with Crippen LogP contribution in [-0.4, -0.2) is 65.5 Å². The van der Waals surface area contributed by atoms with Gasteiger partial charge in [0.1, 0.15) is 6.61 Å². The topological polar surface area (TPSA) is 72.0 Å². The van der Waals surface area contributed by atoms with Crippen LogP contribution in [0.4, 0.5) is 0 Å². The molecule has 0 unspecified atom stereocenters. The van der Waals surface area contributed by atoms with Gasteiger partial charge < -0.3 is 19.3 Å². The molecule has 3 heterocycles. The zero-order valence-corrected chi connectivity index (χ0v) is 17.3. The Hall–Kier alpha value is -3.61. The Labute approximate surface area is 180 Å². The van der Waals surface area contributed by atoms with Crippen LogP contribution in [-0.2, 0) is 4.79 Å². The number of para-hydroxylation sites is 3. The summed E-state index contributed by atoms with van der Waals surface area (Å²) in [4.78, 5) is 34.2. The average Bonchev–Trinajstić information content (AvgIpc) is 2.82. The Morgan fingerprint density at radius 2 is 1.61 bits per heavy atom. The maximum Gasteiger partial charge on any atom is 0.267 e. The molecule has 7 heteroatoms. The quantitative estimate of drug-likeness (QED) is 0.641. The number of nitrogens with zero attached hydrogens (tertiary/aromatic N) is 3. The maximum atomic E-state index is 13.2. The molecule has 2 aliphatic heterocycles. The van der Waals surface area contributed by atoms with Crippen LogP contribution in [0.15, 0.2) is 54.6 Å². The largest absolute Gasteiger partial charge is 0.485 e. The van der Waals surface area contributed by atoms with Crippen molar-refractivity contribution in [1.82, 2.24) is 14.8 Å². The van der Waals surface area contributed by atoms with Crippen molar-refractivity contribution in [3.63, 3.8) is 0 Å².